The molecule has 1 aromatic heterocycles. The highest BCUT2D eigenvalue weighted by molar-refractivity contribution is 6.05. The van der Waals surface area contributed by atoms with E-state index in [0.29, 0.717) is 16.3 Å². The fourth-order valence-electron chi connectivity index (χ4n) is 2.92. The lowest BCUT2D eigenvalue weighted by Gasteiger charge is -2.18. The summed E-state index contributed by atoms with van der Waals surface area (Å²) < 4.78 is 1.11. The number of benzene rings is 2. The van der Waals surface area contributed by atoms with Gasteiger partial charge in [0, 0.05) is 12.4 Å². The van der Waals surface area contributed by atoms with E-state index >= 15 is 0 Å². The van der Waals surface area contributed by atoms with Crippen molar-refractivity contribution in [1.29, 1.82) is 0 Å². The molecule has 3 rings (SSSR count). The van der Waals surface area contributed by atoms with Crippen LogP contribution in [0.25, 0.3) is 10.8 Å². The molecule has 0 saturated carbocycles. The summed E-state index contributed by atoms with van der Waals surface area (Å²) in [7, 11) is 1.47. The van der Waals surface area contributed by atoms with Crippen LogP contribution in [0.15, 0.2) is 53.3 Å². The van der Waals surface area contributed by atoms with E-state index in [2.05, 4.69) is 10.4 Å². The monoisotopic (exact) mass is 365 g/mol. The van der Waals surface area contributed by atoms with Gasteiger partial charge >= 0.3 is 5.97 Å². The summed E-state index contributed by atoms with van der Waals surface area (Å²) >= 11 is 0. The molecule has 0 aliphatic rings. The Morgan fingerprint density at radius 2 is 1.74 bits per heavy atom. The molecular weight excluding hydrogens is 346 g/mol. The highest BCUT2D eigenvalue weighted by Gasteiger charge is 2.22. The zero-order valence-electron chi connectivity index (χ0n) is 15.0. The first-order valence-corrected chi connectivity index (χ1v) is 8.42. The SMILES string of the molecule is Cc1ccc([C@@H](CC(=O)O)NC(=O)c2nn(C)c(=O)c3ccccc23)cc1. The number of nitrogens with zero attached hydrogens (tertiary/aromatic N) is 2. The van der Waals surface area contributed by atoms with Gasteiger partial charge in [-0.1, -0.05) is 48.0 Å². The Kier molecular flexibility index (Phi) is 5.03. The Hall–Kier alpha value is -3.48. The molecule has 1 atom stereocenters. The van der Waals surface area contributed by atoms with Crippen LogP contribution in [-0.4, -0.2) is 26.8 Å². The summed E-state index contributed by atoms with van der Waals surface area (Å²) in [6, 6.07) is 13.3. The molecule has 7 nitrogen and oxygen atoms in total. The highest BCUT2D eigenvalue weighted by Crippen LogP contribution is 2.20. The van der Waals surface area contributed by atoms with Crippen molar-refractivity contribution in [2.75, 3.05) is 0 Å². The van der Waals surface area contributed by atoms with Crippen LogP contribution in [0.2, 0.25) is 0 Å². The maximum absolute atomic E-state index is 12.9. The summed E-state index contributed by atoms with van der Waals surface area (Å²) in [5.74, 6) is -1.56. The lowest BCUT2D eigenvalue weighted by Crippen LogP contribution is -2.33. The van der Waals surface area contributed by atoms with Crippen molar-refractivity contribution >= 4 is 22.6 Å². The van der Waals surface area contributed by atoms with Gasteiger partial charge in [-0.05, 0) is 18.6 Å². The quantitative estimate of drug-likeness (QED) is 0.722. The molecule has 0 bridgehead atoms. The fraction of sp³-hybridized carbons (Fsp3) is 0.200. The van der Waals surface area contributed by atoms with Crippen LogP contribution >= 0.6 is 0 Å². The molecule has 0 saturated heterocycles. The number of hydrogen-bond donors (Lipinski definition) is 2. The maximum Gasteiger partial charge on any atom is 0.305 e. The average Bonchev–Trinajstić information content (AvgIpc) is 2.64. The molecule has 27 heavy (non-hydrogen) atoms. The van der Waals surface area contributed by atoms with Crippen LogP contribution in [0, 0.1) is 6.92 Å². The lowest BCUT2D eigenvalue weighted by atomic mass is 10.0. The van der Waals surface area contributed by atoms with Crippen LogP contribution < -0.4 is 10.9 Å². The van der Waals surface area contributed by atoms with Crippen LogP contribution in [0.4, 0.5) is 0 Å². The largest absolute Gasteiger partial charge is 0.481 e. The Balaban J connectivity index is 2.00. The van der Waals surface area contributed by atoms with Gasteiger partial charge in [0.05, 0.1) is 17.8 Å². The third kappa shape index (κ3) is 3.87. The zero-order valence-corrected chi connectivity index (χ0v) is 15.0. The summed E-state index contributed by atoms with van der Waals surface area (Å²) in [5, 5.41) is 16.9. The standard InChI is InChI=1S/C20H19N3O4/c1-12-7-9-13(10-8-12)16(11-17(24)25)21-19(26)18-14-5-3-4-6-15(14)20(27)23(2)22-18/h3-10,16H,11H2,1-2H3,(H,21,26)(H,24,25)/t16-/m1/s1. The van der Waals surface area contributed by atoms with E-state index in [1.165, 1.54) is 7.05 Å². The molecule has 7 heteroatoms. The van der Waals surface area contributed by atoms with Crippen LogP contribution in [0.1, 0.15) is 34.1 Å². The highest BCUT2D eigenvalue weighted by atomic mass is 16.4. The van der Waals surface area contributed by atoms with Gasteiger partial charge in [0.2, 0.25) is 0 Å². The summed E-state index contributed by atoms with van der Waals surface area (Å²) in [6.07, 6.45) is -0.265. The molecule has 1 amide bonds. The molecule has 2 N–H and O–H groups in total. The number of carboxylic acids is 1. The number of hydrogen-bond acceptors (Lipinski definition) is 4. The van der Waals surface area contributed by atoms with Gasteiger partial charge in [0.15, 0.2) is 5.69 Å². The minimum atomic E-state index is -1.03. The van der Waals surface area contributed by atoms with Gasteiger partial charge in [-0.25, -0.2) is 4.68 Å². The number of carboxylic acid groups (broad SMARTS) is 1. The molecule has 138 valence electrons. The number of fused-ring (bicyclic) bond motifs is 1. The molecule has 0 aliphatic carbocycles. The van der Waals surface area contributed by atoms with E-state index < -0.39 is 17.9 Å². The normalized spacial score (nSPS) is 11.9. The molecule has 3 aromatic rings. The predicted octanol–water partition coefficient (Wildman–Crippen LogP) is 2.19. The van der Waals surface area contributed by atoms with Crippen molar-refractivity contribution in [1.82, 2.24) is 15.1 Å². The Bertz CT molecular complexity index is 1070. The molecule has 2 aromatic carbocycles. The van der Waals surface area contributed by atoms with Gasteiger partial charge in [-0.15, -0.1) is 0 Å². The number of aryl methyl sites for hydroxylation is 2. The minimum absolute atomic E-state index is 0.0789. The molecular formula is C20H19N3O4. The van der Waals surface area contributed by atoms with Crippen molar-refractivity contribution < 1.29 is 14.7 Å². The van der Waals surface area contributed by atoms with Crippen molar-refractivity contribution in [3.8, 4) is 0 Å². The molecule has 0 aliphatic heterocycles. The van der Waals surface area contributed by atoms with E-state index in [1.54, 1.807) is 36.4 Å². The number of nitrogens with one attached hydrogen (secondary N) is 1. The summed E-state index contributed by atoms with van der Waals surface area (Å²) in [6.45, 7) is 1.93. The van der Waals surface area contributed by atoms with Gasteiger partial charge in [-0.2, -0.15) is 5.10 Å². The van der Waals surface area contributed by atoms with E-state index in [4.69, 9.17) is 0 Å². The molecule has 1 heterocycles. The average molecular weight is 365 g/mol. The van der Waals surface area contributed by atoms with E-state index in [-0.39, 0.29) is 17.7 Å². The topological polar surface area (TPSA) is 101 Å². The predicted molar refractivity (Wildman–Crippen MR) is 101 cm³/mol. The first-order valence-electron chi connectivity index (χ1n) is 8.42. The molecule has 0 unspecified atom stereocenters. The van der Waals surface area contributed by atoms with Crippen LogP contribution in [-0.2, 0) is 11.8 Å². The van der Waals surface area contributed by atoms with Crippen LogP contribution in [0.3, 0.4) is 0 Å². The first kappa shape index (κ1) is 18.3. The van der Waals surface area contributed by atoms with E-state index in [0.717, 1.165) is 10.2 Å². The fourth-order valence-corrected chi connectivity index (χ4v) is 2.92. The number of aliphatic carboxylic acids is 1. The second-order valence-electron chi connectivity index (χ2n) is 6.36. The van der Waals surface area contributed by atoms with Gasteiger partial charge < -0.3 is 10.4 Å². The Labute approximate surface area is 155 Å². The number of carbonyl (C=O) groups is 2. The zero-order chi connectivity index (χ0) is 19.6. The second kappa shape index (κ2) is 7.41. The van der Waals surface area contributed by atoms with Crippen molar-refractivity contribution in [3.05, 3.63) is 75.7 Å². The number of amides is 1. The molecule has 0 fully saturated rings. The lowest BCUT2D eigenvalue weighted by molar-refractivity contribution is -0.137. The number of rotatable bonds is 5. The number of carbonyl (C=O) groups excluding carboxylic acids is 1. The third-order valence-electron chi connectivity index (χ3n) is 4.34. The second-order valence-corrected chi connectivity index (χ2v) is 6.36. The van der Waals surface area contributed by atoms with Gasteiger partial charge in [-0.3, -0.25) is 14.4 Å². The van der Waals surface area contributed by atoms with Gasteiger partial charge in [0.1, 0.15) is 0 Å². The summed E-state index contributed by atoms with van der Waals surface area (Å²) in [4.78, 5) is 36.4. The minimum Gasteiger partial charge on any atom is -0.481 e. The van der Waals surface area contributed by atoms with Crippen molar-refractivity contribution in [2.24, 2.45) is 7.05 Å². The van der Waals surface area contributed by atoms with Gasteiger partial charge in [0.25, 0.3) is 11.5 Å². The number of aromatic nitrogens is 2. The van der Waals surface area contributed by atoms with E-state index in [1.807, 2.05) is 19.1 Å². The van der Waals surface area contributed by atoms with Crippen molar-refractivity contribution in [3.63, 3.8) is 0 Å². The van der Waals surface area contributed by atoms with Crippen molar-refractivity contribution in [2.45, 2.75) is 19.4 Å². The smallest absolute Gasteiger partial charge is 0.305 e. The molecule has 0 spiro atoms. The van der Waals surface area contributed by atoms with Crippen LogP contribution in [0.5, 0.6) is 0 Å². The Morgan fingerprint density at radius 1 is 1.11 bits per heavy atom. The first-order chi connectivity index (χ1) is 12.9. The third-order valence-corrected chi connectivity index (χ3v) is 4.34. The maximum atomic E-state index is 12.9. The summed E-state index contributed by atoms with van der Waals surface area (Å²) in [5.41, 5.74) is 1.49. The van der Waals surface area contributed by atoms with E-state index in [9.17, 15) is 19.5 Å². The molecule has 0 radical (unpaired) electrons. The Morgan fingerprint density at radius 3 is 2.37 bits per heavy atom.